The molecule has 2 amide bonds. The van der Waals surface area contributed by atoms with Crippen LogP contribution in [0.3, 0.4) is 0 Å². The summed E-state index contributed by atoms with van der Waals surface area (Å²) in [6, 6.07) is 10.3. The van der Waals surface area contributed by atoms with E-state index in [0.717, 1.165) is 33.7 Å². The number of nitrogens with one attached hydrogen (secondary N) is 2. The van der Waals surface area contributed by atoms with Crippen LogP contribution in [0.2, 0.25) is 0 Å². The zero-order valence-corrected chi connectivity index (χ0v) is 42.2. The molecule has 2 aromatic heterocycles. The molecule has 0 saturated carbocycles. The fourth-order valence-corrected chi connectivity index (χ4v) is 10.4. The summed E-state index contributed by atoms with van der Waals surface area (Å²) in [6.07, 6.45) is 0.436. The van der Waals surface area contributed by atoms with Crippen molar-refractivity contribution in [1.82, 2.24) is 30.4 Å². The number of anilines is 2. The lowest BCUT2D eigenvalue weighted by Gasteiger charge is -2.44. The molecule has 8 rings (SSSR count). The predicted octanol–water partition coefficient (Wildman–Crippen LogP) is 3.77. The highest BCUT2D eigenvalue weighted by Crippen LogP contribution is 2.41. The zero-order valence-electron chi connectivity index (χ0n) is 41.3. The third-order valence-electron chi connectivity index (χ3n) is 13.3. The quantitative estimate of drug-likeness (QED) is 0.0917. The molecule has 0 spiro atoms. The van der Waals surface area contributed by atoms with Crippen LogP contribution < -0.4 is 25.2 Å². The van der Waals surface area contributed by atoms with Crippen LogP contribution in [0.4, 0.5) is 24.0 Å². The molecule has 4 aliphatic heterocycles. The zero-order chi connectivity index (χ0) is 50.6. The van der Waals surface area contributed by atoms with E-state index in [-0.39, 0.29) is 88.3 Å². The van der Waals surface area contributed by atoms with Crippen LogP contribution in [-0.4, -0.2) is 186 Å². The van der Waals surface area contributed by atoms with Gasteiger partial charge < -0.3 is 54.0 Å². The largest absolute Gasteiger partial charge is 0.487 e. The van der Waals surface area contributed by atoms with Crippen molar-refractivity contribution in [3.63, 3.8) is 0 Å². The fraction of sp³-hybridized carbons (Fsp3) is 0.569. The Morgan fingerprint density at radius 2 is 1.64 bits per heavy atom. The molecule has 0 radical (unpaired) electrons. The number of rotatable bonds is 23. The number of aliphatic hydroxyl groups is 1. The van der Waals surface area contributed by atoms with Crippen molar-refractivity contribution in [2.24, 2.45) is 0 Å². The standard InChI is InChI=1S/C51H67F3N8O9S/c1-34-27-61(29-45(64)62-33-51(2,3)48-43(62)25-36(41(30-63)57-48)24-35-4-6-37(52)7-5-35)38(26-56-34)28-60-13-17-70-31-44(60)49(65)55-10-14-66-18-19-68-20-21-69-22-23-71-47-39(8-9-40(53)46(47)54)42-32-72-50(58-42)59-11-15-67-16-12-59/h4-9,25,32,34,38,44,56,63H,10-24,26-31,33H2,1-3H3,(H,55,65)/t34-,38-,44+/m1/s1. The maximum atomic E-state index is 14.9. The lowest BCUT2D eigenvalue weighted by Crippen LogP contribution is -2.63. The number of amides is 2. The summed E-state index contributed by atoms with van der Waals surface area (Å²) in [5, 5.41) is 19.4. The van der Waals surface area contributed by atoms with Gasteiger partial charge in [-0.05, 0) is 54.8 Å². The van der Waals surface area contributed by atoms with Gasteiger partial charge in [0.25, 0.3) is 0 Å². The number of aliphatic hydroxyl groups excluding tert-OH is 1. The summed E-state index contributed by atoms with van der Waals surface area (Å²) in [5.41, 5.74) is 4.13. The number of nitrogens with zero attached hydrogens (tertiary/aromatic N) is 6. The van der Waals surface area contributed by atoms with Crippen LogP contribution in [0.25, 0.3) is 11.3 Å². The first-order chi connectivity index (χ1) is 34.9. The molecule has 3 N–H and O–H groups in total. The van der Waals surface area contributed by atoms with E-state index in [4.69, 9.17) is 33.4 Å². The van der Waals surface area contributed by atoms with E-state index in [9.17, 15) is 27.9 Å². The number of benzene rings is 2. The molecule has 4 aromatic rings. The van der Waals surface area contributed by atoms with Gasteiger partial charge in [-0.1, -0.05) is 26.0 Å². The second-order valence-electron chi connectivity index (χ2n) is 19.1. The number of halogens is 3. The van der Waals surface area contributed by atoms with Crippen LogP contribution in [0.5, 0.6) is 5.75 Å². The number of hydrogen-bond acceptors (Lipinski definition) is 16. The van der Waals surface area contributed by atoms with Crippen LogP contribution in [-0.2, 0) is 51.7 Å². The fourth-order valence-electron chi connectivity index (χ4n) is 9.48. The number of piperazine rings is 1. The minimum Gasteiger partial charge on any atom is -0.487 e. The molecule has 392 valence electrons. The molecule has 17 nitrogen and oxygen atoms in total. The van der Waals surface area contributed by atoms with Crippen molar-refractivity contribution in [1.29, 1.82) is 0 Å². The number of pyridine rings is 1. The average Bonchev–Trinajstić information content (AvgIpc) is 3.98. The Bertz CT molecular complexity index is 2430. The van der Waals surface area contributed by atoms with Gasteiger partial charge in [-0.3, -0.25) is 24.4 Å². The van der Waals surface area contributed by atoms with E-state index in [1.165, 1.54) is 29.5 Å². The maximum Gasteiger partial charge on any atom is 0.241 e. The molecule has 0 bridgehead atoms. The number of fused-ring (bicyclic) bond motifs is 1. The Balaban J connectivity index is 0.737. The summed E-state index contributed by atoms with van der Waals surface area (Å²) >= 11 is 1.43. The lowest BCUT2D eigenvalue weighted by molar-refractivity contribution is -0.134. The van der Waals surface area contributed by atoms with E-state index in [1.807, 2.05) is 11.0 Å². The normalized spacial score (nSPS) is 20.5. The van der Waals surface area contributed by atoms with E-state index in [0.29, 0.717) is 109 Å². The van der Waals surface area contributed by atoms with Crippen LogP contribution in [0.15, 0.2) is 47.8 Å². The Kier molecular flexibility index (Phi) is 18.9. The Hall–Kier alpha value is -4.81. The second-order valence-corrected chi connectivity index (χ2v) is 19.9. The van der Waals surface area contributed by atoms with Crippen molar-refractivity contribution >= 4 is 34.0 Å². The number of carbonyl (C=O) groups is 2. The molecule has 0 unspecified atom stereocenters. The van der Waals surface area contributed by atoms with Gasteiger partial charge in [-0.15, -0.1) is 11.3 Å². The molecule has 3 saturated heterocycles. The number of morpholine rings is 2. The molecule has 3 fully saturated rings. The number of thiazole rings is 1. The minimum absolute atomic E-state index is 0.00587. The maximum absolute atomic E-state index is 14.9. The highest BCUT2D eigenvalue weighted by atomic mass is 32.1. The summed E-state index contributed by atoms with van der Waals surface area (Å²) in [6.45, 7) is 14.2. The highest BCUT2D eigenvalue weighted by Gasteiger charge is 2.42. The van der Waals surface area contributed by atoms with Gasteiger partial charge in [0.2, 0.25) is 17.6 Å². The average molecular weight is 1030 g/mol. The first-order valence-electron chi connectivity index (χ1n) is 24.8. The van der Waals surface area contributed by atoms with Gasteiger partial charge >= 0.3 is 0 Å². The SMILES string of the molecule is C[C@@H]1CN(CC(=O)N2CC(C)(C)c3nc(CO)c(Cc4ccc(F)cc4)cc32)[C@@H](CN2CCOC[C@H]2C(=O)NCCOCCOCCOCCOc2c(-c3csc(N4CCOCC4)n3)ccc(F)c2F)CN1. The third kappa shape index (κ3) is 13.7. The summed E-state index contributed by atoms with van der Waals surface area (Å²) in [7, 11) is 0. The lowest BCUT2D eigenvalue weighted by atomic mass is 9.90. The van der Waals surface area contributed by atoms with E-state index in [2.05, 4.69) is 51.1 Å². The Morgan fingerprint density at radius 1 is 0.917 bits per heavy atom. The second kappa shape index (κ2) is 25.4. The Labute approximate surface area is 422 Å². The summed E-state index contributed by atoms with van der Waals surface area (Å²) in [4.78, 5) is 45.7. The predicted molar refractivity (Wildman–Crippen MR) is 265 cm³/mol. The van der Waals surface area contributed by atoms with Gasteiger partial charge in [-0.25, -0.2) is 13.8 Å². The molecule has 21 heteroatoms. The van der Waals surface area contributed by atoms with Gasteiger partial charge in [0.05, 0.1) is 102 Å². The minimum atomic E-state index is -1.08. The molecular formula is C51H67F3N8O9S. The first-order valence-corrected chi connectivity index (χ1v) is 25.6. The third-order valence-corrected chi connectivity index (χ3v) is 14.2. The van der Waals surface area contributed by atoms with Crippen molar-refractivity contribution in [2.75, 3.05) is 141 Å². The van der Waals surface area contributed by atoms with Crippen LogP contribution in [0.1, 0.15) is 43.3 Å². The summed E-state index contributed by atoms with van der Waals surface area (Å²) in [5.74, 6) is -2.83. The van der Waals surface area contributed by atoms with Gasteiger partial charge in [0, 0.05) is 80.8 Å². The topological polar surface area (TPSA) is 173 Å². The van der Waals surface area contributed by atoms with Crippen LogP contribution in [0, 0.1) is 17.5 Å². The van der Waals surface area contributed by atoms with Crippen molar-refractivity contribution in [3.8, 4) is 17.0 Å². The molecular weight excluding hydrogens is 958 g/mol. The molecule has 2 aromatic carbocycles. The monoisotopic (exact) mass is 1020 g/mol. The molecule has 4 aliphatic rings. The van der Waals surface area contributed by atoms with E-state index >= 15 is 0 Å². The van der Waals surface area contributed by atoms with Crippen LogP contribution >= 0.6 is 11.3 Å². The van der Waals surface area contributed by atoms with E-state index < -0.39 is 23.1 Å². The van der Waals surface area contributed by atoms with E-state index in [1.54, 1.807) is 17.5 Å². The molecule has 72 heavy (non-hydrogen) atoms. The van der Waals surface area contributed by atoms with Gasteiger partial charge in [0.1, 0.15) is 18.5 Å². The molecule has 0 aliphatic carbocycles. The molecule has 6 heterocycles. The van der Waals surface area contributed by atoms with Gasteiger partial charge in [-0.2, -0.15) is 4.39 Å². The van der Waals surface area contributed by atoms with Gasteiger partial charge in [0.15, 0.2) is 16.7 Å². The smallest absolute Gasteiger partial charge is 0.241 e. The number of hydrogen-bond donors (Lipinski definition) is 3. The Morgan fingerprint density at radius 3 is 2.39 bits per heavy atom. The van der Waals surface area contributed by atoms with Crippen molar-refractivity contribution in [3.05, 3.63) is 87.8 Å². The van der Waals surface area contributed by atoms with Crippen molar-refractivity contribution < 1.29 is 56.3 Å². The van der Waals surface area contributed by atoms with Crippen molar-refractivity contribution in [2.45, 2.75) is 57.3 Å². The molecule has 3 atom stereocenters. The number of aromatic nitrogens is 2. The first kappa shape index (κ1) is 53.5. The summed E-state index contributed by atoms with van der Waals surface area (Å²) < 4.78 is 76.5. The highest BCUT2D eigenvalue weighted by molar-refractivity contribution is 7.14. The number of carbonyl (C=O) groups excluding carboxylic acids is 2. The number of ether oxygens (including phenoxy) is 6.